The third kappa shape index (κ3) is 5.76. The average Bonchev–Trinajstić information content (AvgIpc) is 3.28. The summed E-state index contributed by atoms with van der Waals surface area (Å²) >= 11 is 0. The Hall–Kier alpha value is -2.59. The lowest BCUT2D eigenvalue weighted by Crippen LogP contribution is -2.16. The van der Waals surface area contributed by atoms with Crippen LogP contribution < -0.4 is 5.32 Å². The van der Waals surface area contributed by atoms with Crippen molar-refractivity contribution in [1.29, 1.82) is 0 Å². The Balaban J connectivity index is 1.89. The van der Waals surface area contributed by atoms with Crippen molar-refractivity contribution in [3.05, 3.63) is 48.2 Å². The molecule has 10 heteroatoms. The number of carbonyl (C=O) groups is 1. The molecule has 7 nitrogen and oxygen atoms in total. The SMILES string of the molecule is COCCS(=O)(=O)c1ccc(C(=CC2C[C@@H](F)[C@@H](F)C2)C(=O)Nc2ccn(C)n2)cc1. The number of allylic oxidation sites excluding steroid dienone is 1. The smallest absolute Gasteiger partial charge is 0.257 e. The van der Waals surface area contributed by atoms with Crippen molar-refractivity contribution < 1.29 is 26.7 Å². The molecule has 1 N–H and O–H groups in total. The van der Waals surface area contributed by atoms with Gasteiger partial charge in [-0.05, 0) is 36.5 Å². The average molecular weight is 454 g/mol. The first-order valence-electron chi connectivity index (χ1n) is 9.82. The Bertz CT molecular complexity index is 1040. The Morgan fingerprint density at radius 3 is 2.42 bits per heavy atom. The zero-order valence-corrected chi connectivity index (χ0v) is 18.1. The fraction of sp³-hybridized carbons (Fsp3) is 0.429. The van der Waals surface area contributed by atoms with E-state index in [9.17, 15) is 22.0 Å². The van der Waals surface area contributed by atoms with Gasteiger partial charge < -0.3 is 10.1 Å². The predicted molar refractivity (Wildman–Crippen MR) is 113 cm³/mol. The number of nitrogens with one attached hydrogen (secondary N) is 1. The van der Waals surface area contributed by atoms with Crippen LogP contribution in [0, 0.1) is 5.92 Å². The zero-order valence-electron chi connectivity index (χ0n) is 17.3. The number of aromatic nitrogens is 2. The van der Waals surface area contributed by atoms with Gasteiger partial charge in [-0.3, -0.25) is 9.48 Å². The minimum Gasteiger partial charge on any atom is -0.384 e. The van der Waals surface area contributed by atoms with E-state index in [0.29, 0.717) is 11.4 Å². The quantitative estimate of drug-likeness (QED) is 0.621. The van der Waals surface area contributed by atoms with E-state index < -0.39 is 34.0 Å². The lowest BCUT2D eigenvalue weighted by molar-refractivity contribution is -0.111. The summed E-state index contributed by atoms with van der Waals surface area (Å²) in [6, 6.07) is 7.46. The molecule has 1 aliphatic carbocycles. The molecule has 0 radical (unpaired) electrons. The minimum atomic E-state index is -3.52. The second-order valence-electron chi connectivity index (χ2n) is 7.51. The van der Waals surface area contributed by atoms with Crippen molar-refractivity contribution >= 4 is 27.1 Å². The molecule has 1 aromatic heterocycles. The number of methoxy groups -OCH3 is 1. The van der Waals surface area contributed by atoms with E-state index in [4.69, 9.17) is 4.74 Å². The molecular formula is C21H25F2N3O4S. The topological polar surface area (TPSA) is 90.3 Å². The monoisotopic (exact) mass is 453 g/mol. The van der Waals surface area contributed by atoms with Crippen molar-refractivity contribution in [2.75, 3.05) is 24.8 Å². The number of carbonyl (C=O) groups excluding carboxylic acids is 1. The minimum absolute atomic E-state index is 0.00891. The van der Waals surface area contributed by atoms with E-state index >= 15 is 0 Å². The molecule has 1 aromatic carbocycles. The maximum absolute atomic E-state index is 13.7. The van der Waals surface area contributed by atoms with E-state index in [0.717, 1.165) is 0 Å². The van der Waals surface area contributed by atoms with Crippen molar-refractivity contribution in [2.45, 2.75) is 30.1 Å². The van der Waals surface area contributed by atoms with Crippen LogP contribution in [0.2, 0.25) is 0 Å². The second-order valence-corrected chi connectivity index (χ2v) is 9.62. The summed E-state index contributed by atoms with van der Waals surface area (Å²) in [6.45, 7) is 0.0677. The van der Waals surface area contributed by atoms with Gasteiger partial charge in [0.25, 0.3) is 5.91 Å². The molecular weight excluding hydrogens is 428 g/mol. The highest BCUT2D eigenvalue weighted by Crippen LogP contribution is 2.34. The summed E-state index contributed by atoms with van der Waals surface area (Å²) in [7, 11) is -0.400. The lowest BCUT2D eigenvalue weighted by Gasteiger charge is -2.12. The molecule has 1 aliphatic rings. The first-order chi connectivity index (χ1) is 14.7. The fourth-order valence-corrected chi connectivity index (χ4v) is 4.64. The van der Waals surface area contributed by atoms with Crippen LogP contribution in [0.1, 0.15) is 18.4 Å². The van der Waals surface area contributed by atoms with Crippen molar-refractivity contribution in [3.63, 3.8) is 0 Å². The molecule has 31 heavy (non-hydrogen) atoms. The van der Waals surface area contributed by atoms with Gasteiger partial charge in [0.15, 0.2) is 15.7 Å². The van der Waals surface area contributed by atoms with Crippen molar-refractivity contribution in [3.8, 4) is 0 Å². The predicted octanol–water partition coefficient (Wildman–Crippen LogP) is 2.95. The van der Waals surface area contributed by atoms with Crippen LogP contribution in [0.3, 0.4) is 0 Å². The normalized spacial score (nSPS) is 21.9. The number of sulfone groups is 1. The molecule has 0 spiro atoms. The van der Waals surface area contributed by atoms with E-state index in [2.05, 4.69) is 10.4 Å². The number of benzene rings is 1. The Morgan fingerprint density at radius 2 is 1.87 bits per heavy atom. The van der Waals surface area contributed by atoms with Crippen LogP contribution in [-0.4, -0.2) is 55.9 Å². The molecule has 168 valence electrons. The third-order valence-electron chi connectivity index (χ3n) is 5.13. The Morgan fingerprint density at radius 1 is 1.23 bits per heavy atom. The summed E-state index contributed by atoms with van der Waals surface area (Å²) in [5, 5.41) is 6.77. The molecule has 1 heterocycles. The van der Waals surface area contributed by atoms with Gasteiger partial charge in [-0.2, -0.15) is 5.10 Å². The highest BCUT2D eigenvalue weighted by molar-refractivity contribution is 7.91. The van der Waals surface area contributed by atoms with Crippen LogP contribution >= 0.6 is 0 Å². The van der Waals surface area contributed by atoms with Crippen LogP contribution in [-0.2, 0) is 26.4 Å². The standard InChI is InChI=1S/C21H25F2N3O4S/c1-26-8-7-20(25-26)24-21(27)17(11-14-12-18(22)19(23)13-14)15-3-5-16(6-4-15)31(28,29)10-9-30-2/h3-8,11,14,18-19H,9-10,12-13H2,1-2H3,(H,24,25,27)/t14?,18-,19+. The summed E-state index contributed by atoms with van der Waals surface area (Å²) in [5.74, 6) is -0.773. The number of anilines is 1. The number of halogens is 2. The molecule has 0 saturated heterocycles. The number of alkyl halides is 2. The molecule has 2 aromatic rings. The molecule has 1 amide bonds. The molecule has 1 saturated carbocycles. The van der Waals surface area contributed by atoms with Crippen molar-refractivity contribution in [1.82, 2.24) is 9.78 Å². The Labute approximate surface area is 180 Å². The first-order valence-corrected chi connectivity index (χ1v) is 11.5. The van der Waals surface area contributed by atoms with Gasteiger partial charge in [0.1, 0.15) is 12.3 Å². The number of aryl methyl sites for hydroxylation is 1. The number of amides is 1. The van der Waals surface area contributed by atoms with Gasteiger partial charge in [-0.25, -0.2) is 17.2 Å². The number of hydrogen-bond acceptors (Lipinski definition) is 5. The lowest BCUT2D eigenvalue weighted by atomic mass is 9.98. The van der Waals surface area contributed by atoms with Crippen LogP contribution in [0.4, 0.5) is 14.6 Å². The number of nitrogens with zero attached hydrogens (tertiary/aromatic N) is 2. The van der Waals surface area contributed by atoms with Crippen LogP contribution in [0.25, 0.3) is 5.57 Å². The first kappa shape index (κ1) is 23.1. The third-order valence-corrected chi connectivity index (χ3v) is 6.83. The maximum Gasteiger partial charge on any atom is 0.257 e. The summed E-state index contributed by atoms with van der Waals surface area (Å²) < 4.78 is 58.3. The van der Waals surface area contributed by atoms with Gasteiger partial charge in [0, 0.05) is 32.0 Å². The second kappa shape index (κ2) is 9.69. The van der Waals surface area contributed by atoms with Gasteiger partial charge in [0.2, 0.25) is 0 Å². The number of ether oxygens (including phenoxy) is 1. The zero-order chi connectivity index (χ0) is 22.6. The largest absolute Gasteiger partial charge is 0.384 e. The molecule has 0 bridgehead atoms. The molecule has 1 fully saturated rings. The molecule has 0 aliphatic heterocycles. The summed E-state index contributed by atoms with van der Waals surface area (Å²) in [5.41, 5.74) is 0.648. The number of hydrogen-bond donors (Lipinski definition) is 1. The Kier molecular flexibility index (Phi) is 7.22. The number of rotatable bonds is 8. The van der Waals surface area contributed by atoms with E-state index in [1.165, 1.54) is 36.1 Å². The van der Waals surface area contributed by atoms with Gasteiger partial charge >= 0.3 is 0 Å². The summed E-state index contributed by atoms with van der Waals surface area (Å²) in [4.78, 5) is 13.0. The molecule has 1 unspecified atom stereocenters. The summed E-state index contributed by atoms with van der Waals surface area (Å²) in [6.07, 6.45) is 0.0793. The van der Waals surface area contributed by atoms with E-state index in [-0.39, 0.29) is 35.7 Å². The van der Waals surface area contributed by atoms with Crippen molar-refractivity contribution in [2.24, 2.45) is 13.0 Å². The maximum atomic E-state index is 13.7. The van der Waals surface area contributed by atoms with Gasteiger partial charge in [-0.1, -0.05) is 18.2 Å². The fourth-order valence-electron chi connectivity index (χ4n) is 3.46. The highest BCUT2D eigenvalue weighted by Gasteiger charge is 2.34. The highest BCUT2D eigenvalue weighted by atomic mass is 32.2. The van der Waals surface area contributed by atoms with Crippen LogP contribution in [0.5, 0.6) is 0 Å². The molecule has 3 rings (SSSR count). The van der Waals surface area contributed by atoms with E-state index in [1.807, 2.05) is 0 Å². The van der Waals surface area contributed by atoms with Gasteiger partial charge in [-0.15, -0.1) is 0 Å². The molecule has 3 atom stereocenters. The van der Waals surface area contributed by atoms with E-state index in [1.54, 1.807) is 25.4 Å². The van der Waals surface area contributed by atoms with Crippen LogP contribution in [0.15, 0.2) is 47.5 Å². The van der Waals surface area contributed by atoms with Gasteiger partial charge in [0.05, 0.1) is 17.3 Å².